The molecule has 11 nitrogen and oxygen atoms in total. The van der Waals surface area contributed by atoms with Crippen LogP contribution in [0.1, 0.15) is 31.4 Å². The highest BCUT2D eigenvalue weighted by molar-refractivity contribution is 5.91. The van der Waals surface area contributed by atoms with Crippen molar-refractivity contribution in [2.45, 2.75) is 25.9 Å². The number of hydrogen-bond acceptors (Lipinski definition) is 8. The average Bonchev–Trinajstić information content (AvgIpc) is 3.19. The SMILES string of the molecule is C=C(C#N)CCC(=O)Nc1ccc(-c2nnn(C)c2NC(=O)O[C@H](C)c2cc(F)cnc2F)nc1. The van der Waals surface area contributed by atoms with Crippen LogP contribution < -0.4 is 10.6 Å². The van der Waals surface area contributed by atoms with E-state index in [0.717, 1.165) is 6.07 Å². The topological polar surface area (TPSA) is 148 Å². The predicted octanol–water partition coefficient (Wildman–Crippen LogP) is 3.66. The number of carbonyl (C=O) groups excluding carboxylic acids is 2. The molecule has 0 saturated heterocycles. The molecule has 1 atom stereocenters. The molecule has 3 rings (SSSR count). The molecule has 0 radical (unpaired) electrons. The van der Waals surface area contributed by atoms with Gasteiger partial charge in [0, 0.05) is 19.0 Å². The Morgan fingerprint density at radius 2 is 2.00 bits per heavy atom. The summed E-state index contributed by atoms with van der Waals surface area (Å²) < 4.78 is 33.6. The van der Waals surface area contributed by atoms with Gasteiger partial charge in [-0.05, 0) is 31.5 Å². The van der Waals surface area contributed by atoms with E-state index in [0.29, 0.717) is 23.2 Å². The number of amides is 2. The number of nitrogens with zero attached hydrogens (tertiary/aromatic N) is 6. The van der Waals surface area contributed by atoms with Crippen molar-refractivity contribution in [1.82, 2.24) is 25.0 Å². The zero-order valence-corrected chi connectivity index (χ0v) is 18.7. The molecule has 180 valence electrons. The van der Waals surface area contributed by atoms with Gasteiger partial charge in [0.15, 0.2) is 11.5 Å². The third-order valence-electron chi connectivity index (χ3n) is 4.70. The number of hydrogen-bond donors (Lipinski definition) is 2. The Kier molecular flexibility index (Phi) is 7.77. The molecule has 0 aliphatic heterocycles. The summed E-state index contributed by atoms with van der Waals surface area (Å²) in [6.07, 6.45) is 0.367. The fraction of sp³-hybridized carbons (Fsp3) is 0.227. The number of nitriles is 1. The number of aromatic nitrogens is 5. The van der Waals surface area contributed by atoms with Crippen molar-refractivity contribution in [3.05, 3.63) is 60.1 Å². The fourth-order valence-electron chi connectivity index (χ4n) is 2.89. The van der Waals surface area contributed by atoms with E-state index in [-0.39, 0.29) is 35.8 Å². The van der Waals surface area contributed by atoms with Crippen molar-refractivity contribution >= 4 is 23.5 Å². The van der Waals surface area contributed by atoms with E-state index in [1.165, 1.54) is 24.9 Å². The van der Waals surface area contributed by atoms with Gasteiger partial charge in [0.1, 0.15) is 11.9 Å². The maximum absolute atomic E-state index is 13.8. The van der Waals surface area contributed by atoms with Crippen LogP contribution in [-0.4, -0.2) is 37.0 Å². The van der Waals surface area contributed by atoms with Gasteiger partial charge in [-0.3, -0.25) is 15.1 Å². The minimum atomic E-state index is -1.13. The molecule has 0 aromatic carbocycles. The summed E-state index contributed by atoms with van der Waals surface area (Å²) in [4.78, 5) is 31.9. The van der Waals surface area contributed by atoms with Crippen LogP contribution in [0.15, 0.2) is 42.7 Å². The van der Waals surface area contributed by atoms with Crippen molar-refractivity contribution in [3.63, 3.8) is 0 Å². The molecule has 0 unspecified atom stereocenters. The highest BCUT2D eigenvalue weighted by Gasteiger charge is 2.21. The molecular weight excluding hydrogens is 462 g/mol. The van der Waals surface area contributed by atoms with Crippen molar-refractivity contribution < 1.29 is 23.1 Å². The first-order chi connectivity index (χ1) is 16.7. The molecule has 2 amide bonds. The average molecular weight is 482 g/mol. The van der Waals surface area contributed by atoms with Crippen LogP contribution >= 0.6 is 0 Å². The largest absolute Gasteiger partial charge is 0.441 e. The quantitative estimate of drug-likeness (QED) is 0.365. The van der Waals surface area contributed by atoms with Gasteiger partial charge < -0.3 is 10.1 Å². The summed E-state index contributed by atoms with van der Waals surface area (Å²) in [6.45, 7) is 4.89. The minimum absolute atomic E-state index is 0.0997. The van der Waals surface area contributed by atoms with Gasteiger partial charge in [-0.15, -0.1) is 5.10 Å². The van der Waals surface area contributed by atoms with Crippen LogP contribution in [0.2, 0.25) is 0 Å². The van der Waals surface area contributed by atoms with Crippen molar-refractivity contribution in [1.29, 1.82) is 5.26 Å². The molecule has 0 fully saturated rings. The highest BCUT2D eigenvalue weighted by Crippen LogP contribution is 2.26. The van der Waals surface area contributed by atoms with Crippen LogP contribution in [0.4, 0.5) is 25.1 Å². The summed E-state index contributed by atoms with van der Waals surface area (Å²) in [5, 5.41) is 21.7. The number of anilines is 2. The van der Waals surface area contributed by atoms with Gasteiger partial charge in [0.05, 0.1) is 35.4 Å². The summed E-state index contributed by atoms with van der Waals surface area (Å²) in [6, 6.07) is 5.91. The number of aryl methyl sites for hydroxylation is 1. The van der Waals surface area contributed by atoms with Crippen LogP contribution in [0, 0.1) is 23.1 Å². The molecular formula is C22H20F2N8O3. The smallest absolute Gasteiger partial charge is 0.413 e. The van der Waals surface area contributed by atoms with E-state index in [2.05, 4.69) is 37.5 Å². The second kappa shape index (κ2) is 10.9. The van der Waals surface area contributed by atoms with Crippen LogP contribution in [-0.2, 0) is 16.6 Å². The van der Waals surface area contributed by atoms with Gasteiger partial charge in [0.2, 0.25) is 11.9 Å². The van der Waals surface area contributed by atoms with Crippen molar-refractivity contribution in [2.24, 2.45) is 7.05 Å². The Balaban J connectivity index is 1.67. The van der Waals surface area contributed by atoms with E-state index in [1.807, 2.05) is 6.07 Å². The Labute approximate surface area is 198 Å². The lowest BCUT2D eigenvalue weighted by atomic mass is 10.2. The lowest BCUT2D eigenvalue weighted by molar-refractivity contribution is -0.116. The summed E-state index contributed by atoms with van der Waals surface area (Å²) in [5.74, 6) is -1.89. The van der Waals surface area contributed by atoms with Gasteiger partial charge in [-0.1, -0.05) is 11.8 Å². The van der Waals surface area contributed by atoms with Crippen LogP contribution in [0.5, 0.6) is 0 Å². The summed E-state index contributed by atoms with van der Waals surface area (Å²) in [7, 11) is 1.52. The molecule has 3 heterocycles. The Hall–Kier alpha value is -4.73. The van der Waals surface area contributed by atoms with E-state index in [1.54, 1.807) is 12.1 Å². The second-order valence-corrected chi connectivity index (χ2v) is 7.31. The Bertz CT molecular complexity index is 1300. The summed E-state index contributed by atoms with van der Waals surface area (Å²) >= 11 is 0. The van der Waals surface area contributed by atoms with Gasteiger partial charge >= 0.3 is 6.09 Å². The number of carbonyl (C=O) groups is 2. The highest BCUT2D eigenvalue weighted by atomic mass is 19.1. The number of ether oxygens (including phenoxy) is 1. The molecule has 0 saturated carbocycles. The van der Waals surface area contributed by atoms with E-state index in [9.17, 15) is 18.4 Å². The van der Waals surface area contributed by atoms with Crippen LogP contribution in [0.25, 0.3) is 11.4 Å². The lowest BCUT2D eigenvalue weighted by Gasteiger charge is -2.15. The van der Waals surface area contributed by atoms with E-state index < -0.39 is 24.0 Å². The van der Waals surface area contributed by atoms with Gasteiger partial charge in [-0.2, -0.15) is 9.65 Å². The Morgan fingerprint density at radius 3 is 2.69 bits per heavy atom. The molecule has 0 aliphatic carbocycles. The fourth-order valence-corrected chi connectivity index (χ4v) is 2.89. The number of nitrogens with one attached hydrogen (secondary N) is 2. The number of pyridine rings is 2. The first-order valence-electron chi connectivity index (χ1n) is 10.2. The molecule has 0 spiro atoms. The standard InChI is InChI=1S/C22H20F2N8O3/c1-12(9-25)4-7-18(33)28-15-5-6-17(26-11-15)19-21(32(3)31-30-19)29-22(34)35-13(2)16-8-14(23)10-27-20(16)24/h5-6,8,10-11,13H,1,4,7H2,2-3H3,(H,28,33)(H,29,34)/t13-/m1/s1. The monoisotopic (exact) mass is 482 g/mol. The maximum atomic E-state index is 13.8. The second-order valence-electron chi connectivity index (χ2n) is 7.31. The van der Waals surface area contributed by atoms with Gasteiger partial charge in [-0.25, -0.2) is 18.9 Å². The molecule has 0 bridgehead atoms. The normalized spacial score (nSPS) is 11.3. The van der Waals surface area contributed by atoms with E-state index >= 15 is 0 Å². The third kappa shape index (κ3) is 6.41. The predicted molar refractivity (Wildman–Crippen MR) is 120 cm³/mol. The van der Waals surface area contributed by atoms with Crippen molar-refractivity contribution in [2.75, 3.05) is 10.6 Å². The minimum Gasteiger partial charge on any atom is -0.441 e. The zero-order valence-electron chi connectivity index (χ0n) is 18.7. The third-order valence-corrected chi connectivity index (χ3v) is 4.70. The molecule has 0 aliphatic rings. The van der Waals surface area contributed by atoms with Crippen LogP contribution in [0.3, 0.4) is 0 Å². The molecule has 35 heavy (non-hydrogen) atoms. The summed E-state index contributed by atoms with van der Waals surface area (Å²) in [5.41, 5.74) is 1.04. The first kappa shape index (κ1) is 24.9. The zero-order chi connectivity index (χ0) is 25.5. The van der Waals surface area contributed by atoms with Crippen molar-refractivity contribution in [3.8, 4) is 17.5 Å². The maximum Gasteiger partial charge on any atom is 0.413 e. The first-order valence-corrected chi connectivity index (χ1v) is 10.2. The lowest BCUT2D eigenvalue weighted by Crippen LogP contribution is -2.19. The molecule has 3 aromatic rings. The van der Waals surface area contributed by atoms with Gasteiger partial charge in [0.25, 0.3) is 0 Å². The molecule has 2 N–H and O–H groups in total. The molecule has 13 heteroatoms. The number of halogens is 2. The number of allylic oxidation sites excluding steroid dienone is 1. The number of rotatable bonds is 8. The molecule has 3 aromatic heterocycles. The van der Waals surface area contributed by atoms with E-state index in [4.69, 9.17) is 10.00 Å². The Morgan fingerprint density at radius 1 is 1.23 bits per heavy atom.